The Bertz CT molecular complexity index is 750. The van der Waals surface area contributed by atoms with E-state index in [0.717, 1.165) is 12.1 Å². The van der Waals surface area contributed by atoms with Crippen LogP contribution in [-0.4, -0.2) is 28.7 Å². The number of hydrogen-bond acceptors (Lipinski definition) is 5. The molecule has 1 fully saturated rings. The van der Waals surface area contributed by atoms with Gasteiger partial charge >= 0.3 is 6.29 Å². The first-order valence-electron chi connectivity index (χ1n) is 7.74. The molecule has 0 radical (unpaired) electrons. The quantitative estimate of drug-likeness (QED) is 0.928. The summed E-state index contributed by atoms with van der Waals surface area (Å²) in [5.41, 5.74) is 1.61. The Morgan fingerprint density at radius 2 is 2.21 bits per heavy atom. The summed E-state index contributed by atoms with van der Waals surface area (Å²) in [5, 5.41) is 7.54. The number of aromatic nitrogens is 2. The van der Waals surface area contributed by atoms with E-state index in [0.29, 0.717) is 18.7 Å². The first-order chi connectivity index (χ1) is 11.5. The summed E-state index contributed by atoms with van der Waals surface area (Å²) >= 11 is 0. The summed E-state index contributed by atoms with van der Waals surface area (Å²) in [4.78, 5) is 0. The van der Waals surface area contributed by atoms with Crippen LogP contribution in [0.2, 0.25) is 0 Å². The summed E-state index contributed by atoms with van der Waals surface area (Å²) in [7, 11) is 1.87. The molecule has 4 rings (SSSR count). The smallest absolute Gasteiger partial charge is 0.395 e. The molecule has 0 spiro atoms. The lowest BCUT2D eigenvalue weighted by atomic mass is 10.1. The number of hydrogen-bond donors (Lipinski definition) is 1. The fourth-order valence-electron chi connectivity index (χ4n) is 3.16. The van der Waals surface area contributed by atoms with Gasteiger partial charge in [-0.2, -0.15) is 5.10 Å². The van der Waals surface area contributed by atoms with Crippen LogP contribution in [0.15, 0.2) is 30.5 Å². The zero-order chi connectivity index (χ0) is 16.7. The number of rotatable bonds is 4. The number of benzene rings is 1. The van der Waals surface area contributed by atoms with Gasteiger partial charge in [0.25, 0.3) is 0 Å². The molecule has 0 unspecified atom stereocenters. The third-order valence-electron chi connectivity index (χ3n) is 4.31. The average molecular weight is 337 g/mol. The summed E-state index contributed by atoms with van der Waals surface area (Å²) in [6.07, 6.45) is -1.16. The Morgan fingerprint density at radius 1 is 1.33 bits per heavy atom. The Balaban J connectivity index is 1.48. The van der Waals surface area contributed by atoms with Gasteiger partial charge in [-0.15, -0.1) is 8.78 Å². The summed E-state index contributed by atoms with van der Waals surface area (Å²) < 4.78 is 43.2. The highest BCUT2D eigenvalue weighted by atomic mass is 19.3. The summed E-state index contributed by atoms with van der Waals surface area (Å²) in [6, 6.07) is 6.87. The maximum absolute atomic E-state index is 13.3. The van der Waals surface area contributed by atoms with Gasteiger partial charge in [0.2, 0.25) is 0 Å². The van der Waals surface area contributed by atoms with Crippen molar-refractivity contribution >= 4 is 0 Å². The molecule has 0 aliphatic carbocycles. The lowest BCUT2D eigenvalue weighted by Gasteiger charge is -2.20. The van der Waals surface area contributed by atoms with E-state index in [4.69, 9.17) is 4.74 Å². The summed E-state index contributed by atoms with van der Waals surface area (Å²) in [5.74, 6) is 0.149. The van der Waals surface area contributed by atoms with Gasteiger partial charge in [0.05, 0.1) is 5.69 Å². The highest BCUT2D eigenvalue weighted by molar-refractivity contribution is 5.48. The van der Waals surface area contributed by atoms with E-state index >= 15 is 0 Å². The Kier molecular flexibility index (Phi) is 3.65. The molecule has 2 atom stereocenters. The van der Waals surface area contributed by atoms with Crippen LogP contribution in [0.1, 0.15) is 23.8 Å². The monoisotopic (exact) mass is 337 g/mol. The number of nitrogens with zero attached hydrogens (tertiary/aromatic N) is 2. The van der Waals surface area contributed by atoms with E-state index in [1.54, 1.807) is 23.0 Å². The lowest BCUT2D eigenvalue weighted by Crippen LogP contribution is -2.32. The highest BCUT2D eigenvalue weighted by Crippen LogP contribution is 2.43. The van der Waals surface area contributed by atoms with Gasteiger partial charge in [0, 0.05) is 38.0 Å². The van der Waals surface area contributed by atoms with E-state index in [2.05, 4.69) is 19.9 Å². The van der Waals surface area contributed by atoms with E-state index in [-0.39, 0.29) is 23.6 Å². The topological polar surface area (TPSA) is 57.5 Å². The molecule has 3 heterocycles. The van der Waals surface area contributed by atoms with Crippen molar-refractivity contribution < 1.29 is 23.0 Å². The SMILES string of the molecule is Cn1nccc1[C@H]1OCC[C@@H]1NCc1cccc2c1OC(F)(F)O2. The Labute approximate surface area is 137 Å². The van der Waals surface area contributed by atoms with Crippen LogP contribution in [0.25, 0.3) is 0 Å². The van der Waals surface area contributed by atoms with Gasteiger partial charge in [-0.05, 0) is 18.6 Å². The minimum absolute atomic E-state index is 0.0603. The number of aryl methyl sites for hydroxylation is 1. The second-order valence-corrected chi connectivity index (χ2v) is 5.86. The van der Waals surface area contributed by atoms with E-state index in [9.17, 15) is 8.78 Å². The van der Waals surface area contributed by atoms with E-state index in [1.165, 1.54) is 6.07 Å². The van der Waals surface area contributed by atoms with Crippen molar-refractivity contribution in [3.63, 3.8) is 0 Å². The molecule has 2 aliphatic rings. The maximum atomic E-state index is 13.3. The third-order valence-corrected chi connectivity index (χ3v) is 4.31. The third kappa shape index (κ3) is 2.71. The number of alkyl halides is 2. The molecule has 0 saturated carbocycles. The maximum Gasteiger partial charge on any atom is 0.586 e. The number of fused-ring (bicyclic) bond motifs is 1. The largest absolute Gasteiger partial charge is 0.586 e. The number of halogens is 2. The van der Waals surface area contributed by atoms with Crippen LogP contribution in [0.3, 0.4) is 0 Å². The molecule has 0 bridgehead atoms. The molecule has 8 heteroatoms. The van der Waals surface area contributed by atoms with Gasteiger partial charge in [-0.3, -0.25) is 4.68 Å². The van der Waals surface area contributed by atoms with Gasteiger partial charge in [-0.1, -0.05) is 12.1 Å². The minimum atomic E-state index is -3.61. The van der Waals surface area contributed by atoms with Crippen molar-refractivity contribution in [3.05, 3.63) is 41.7 Å². The highest BCUT2D eigenvalue weighted by Gasteiger charge is 2.44. The van der Waals surface area contributed by atoms with Crippen LogP contribution in [0.5, 0.6) is 11.5 Å². The van der Waals surface area contributed by atoms with Crippen LogP contribution in [0.4, 0.5) is 8.78 Å². The van der Waals surface area contributed by atoms with Crippen LogP contribution in [0, 0.1) is 0 Å². The molecule has 1 N–H and O–H groups in total. The normalized spacial score (nSPS) is 24.5. The minimum Gasteiger partial charge on any atom is -0.395 e. The molecule has 2 aliphatic heterocycles. The Hall–Kier alpha value is -2.19. The second kappa shape index (κ2) is 5.71. The fraction of sp³-hybridized carbons (Fsp3) is 0.438. The fourth-order valence-corrected chi connectivity index (χ4v) is 3.16. The standard InChI is InChI=1S/C16H17F2N3O3/c1-21-12(5-7-20-21)15-11(6-8-22-15)19-9-10-3-2-4-13-14(10)24-16(17,18)23-13/h2-5,7,11,15,19H,6,8-9H2,1H3/t11-,15-/m0/s1. The predicted molar refractivity (Wildman–Crippen MR) is 79.8 cm³/mol. The van der Waals surface area contributed by atoms with Crippen LogP contribution >= 0.6 is 0 Å². The lowest BCUT2D eigenvalue weighted by molar-refractivity contribution is -0.286. The van der Waals surface area contributed by atoms with Crippen molar-refractivity contribution in [2.24, 2.45) is 7.05 Å². The molecule has 6 nitrogen and oxygen atoms in total. The van der Waals surface area contributed by atoms with Gasteiger partial charge < -0.3 is 19.5 Å². The van der Waals surface area contributed by atoms with Crippen LogP contribution < -0.4 is 14.8 Å². The first kappa shape index (κ1) is 15.3. The average Bonchev–Trinajstić information content (AvgIpc) is 3.21. The zero-order valence-corrected chi connectivity index (χ0v) is 13.0. The molecule has 1 saturated heterocycles. The van der Waals surface area contributed by atoms with Crippen molar-refractivity contribution in [2.75, 3.05) is 6.61 Å². The zero-order valence-electron chi connectivity index (χ0n) is 13.0. The van der Waals surface area contributed by atoms with Gasteiger partial charge in [-0.25, -0.2) is 0 Å². The second-order valence-electron chi connectivity index (χ2n) is 5.86. The molecule has 0 amide bonds. The van der Waals surface area contributed by atoms with Crippen molar-refractivity contribution in [3.8, 4) is 11.5 Å². The molecule has 1 aromatic heterocycles. The van der Waals surface area contributed by atoms with Crippen LogP contribution in [-0.2, 0) is 18.3 Å². The molecule has 1 aromatic carbocycles. The molecular weight excluding hydrogens is 320 g/mol. The Morgan fingerprint density at radius 3 is 3.00 bits per heavy atom. The van der Waals surface area contributed by atoms with Gasteiger partial charge in [0.15, 0.2) is 11.5 Å². The van der Waals surface area contributed by atoms with Gasteiger partial charge in [0.1, 0.15) is 6.10 Å². The van der Waals surface area contributed by atoms with Crippen molar-refractivity contribution in [2.45, 2.75) is 31.4 Å². The van der Waals surface area contributed by atoms with E-state index in [1.807, 2.05) is 13.1 Å². The van der Waals surface area contributed by atoms with Crippen molar-refractivity contribution in [1.82, 2.24) is 15.1 Å². The number of nitrogens with one attached hydrogen (secondary N) is 1. The molecular formula is C16H17F2N3O3. The number of para-hydroxylation sites is 1. The molecule has 128 valence electrons. The summed E-state index contributed by atoms with van der Waals surface area (Å²) in [6.45, 7) is 1.02. The van der Waals surface area contributed by atoms with Crippen molar-refractivity contribution in [1.29, 1.82) is 0 Å². The first-order valence-corrected chi connectivity index (χ1v) is 7.74. The molecule has 24 heavy (non-hydrogen) atoms. The van der Waals surface area contributed by atoms with E-state index < -0.39 is 6.29 Å². The number of ether oxygens (including phenoxy) is 3. The predicted octanol–water partition coefficient (Wildman–Crippen LogP) is 2.36. The molecule has 2 aromatic rings.